The van der Waals surface area contributed by atoms with Crippen LogP contribution in [0.1, 0.15) is 11.1 Å². The van der Waals surface area contributed by atoms with Crippen molar-refractivity contribution in [3.8, 4) is 5.75 Å². The molecule has 0 aliphatic rings. The average Bonchev–Trinajstić information content (AvgIpc) is 2.49. The molecule has 0 saturated heterocycles. The molecule has 0 spiro atoms. The van der Waals surface area contributed by atoms with Crippen molar-refractivity contribution in [1.82, 2.24) is 0 Å². The van der Waals surface area contributed by atoms with Crippen LogP contribution in [-0.2, 0) is 4.79 Å². The van der Waals surface area contributed by atoms with E-state index >= 15 is 0 Å². The molecular weight excluding hydrogens is 300 g/mol. The number of hydrogen-bond acceptors (Lipinski definition) is 3. The lowest BCUT2D eigenvalue weighted by Crippen LogP contribution is -2.22. The molecule has 1 amide bonds. The molecule has 5 heteroatoms. The second-order valence-corrected chi connectivity index (χ2v) is 5.48. The number of aryl methyl sites for hydroxylation is 2. The Morgan fingerprint density at radius 1 is 1.18 bits per heavy atom. The van der Waals surface area contributed by atoms with Crippen LogP contribution in [0, 0.1) is 13.8 Å². The summed E-state index contributed by atoms with van der Waals surface area (Å²) in [6.07, 6.45) is 0. The van der Waals surface area contributed by atoms with Gasteiger partial charge in [0.25, 0.3) is 0 Å². The Labute approximate surface area is 135 Å². The summed E-state index contributed by atoms with van der Waals surface area (Å²) in [4.78, 5) is 12.0. The number of benzene rings is 2. The molecule has 2 rings (SSSR count). The summed E-state index contributed by atoms with van der Waals surface area (Å²) in [6.45, 7) is 4.05. The third-order valence-electron chi connectivity index (χ3n) is 3.24. The monoisotopic (exact) mass is 318 g/mol. The van der Waals surface area contributed by atoms with E-state index in [2.05, 4.69) is 10.6 Å². The zero-order valence-corrected chi connectivity index (χ0v) is 13.6. The molecule has 0 fully saturated rings. The smallest absolute Gasteiger partial charge is 0.243 e. The summed E-state index contributed by atoms with van der Waals surface area (Å²) in [5.41, 5.74) is 3.52. The summed E-state index contributed by atoms with van der Waals surface area (Å²) >= 11 is 6.18. The Hall–Kier alpha value is -2.20. The van der Waals surface area contributed by atoms with Gasteiger partial charge in [-0.05, 0) is 55.3 Å². The lowest BCUT2D eigenvalue weighted by atomic mass is 10.1. The second kappa shape index (κ2) is 7.18. The number of anilines is 2. The average molecular weight is 319 g/mol. The molecule has 4 nitrogen and oxygen atoms in total. The predicted octanol–water partition coefficient (Wildman–Crippen LogP) is 4.02. The fourth-order valence-corrected chi connectivity index (χ4v) is 2.52. The van der Waals surface area contributed by atoms with Crippen LogP contribution in [0.15, 0.2) is 36.4 Å². The minimum absolute atomic E-state index is 0.148. The van der Waals surface area contributed by atoms with Crippen LogP contribution >= 0.6 is 11.6 Å². The van der Waals surface area contributed by atoms with Gasteiger partial charge in [-0.2, -0.15) is 0 Å². The first kappa shape index (κ1) is 16.2. The van der Waals surface area contributed by atoms with Crippen LogP contribution in [0.2, 0.25) is 5.02 Å². The maximum Gasteiger partial charge on any atom is 0.243 e. The quantitative estimate of drug-likeness (QED) is 0.875. The van der Waals surface area contributed by atoms with Gasteiger partial charge in [-0.15, -0.1) is 0 Å². The highest BCUT2D eigenvalue weighted by Crippen LogP contribution is 2.27. The van der Waals surface area contributed by atoms with Crippen LogP contribution in [0.4, 0.5) is 11.4 Å². The number of rotatable bonds is 5. The highest BCUT2D eigenvalue weighted by Gasteiger charge is 2.09. The first-order valence-corrected chi connectivity index (χ1v) is 7.32. The van der Waals surface area contributed by atoms with Gasteiger partial charge in [-0.1, -0.05) is 17.7 Å². The van der Waals surface area contributed by atoms with Crippen molar-refractivity contribution in [3.63, 3.8) is 0 Å². The van der Waals surface area contributed by atoms with Crippen molar-refractivity contribution in [3.05, 3.63) is 52.5 Å². The SMILES string of the molecule is COc1ccc(NCC(=O)Nc2c(C)cc(C)cc2Cl)cc1. The highest BCUT2D eigenvalue weighted by molar-refractivity contribution is 6.34. The van der Waals surface area contributed by atoms with Gasteiger partial charge in [0, 0.05) is 5.69 Å². The third-order valence-corrected chi connectivity index (χ3v) is 3.54. The molecule has 0 heterocycles. The molecule has 2 N–H and O–H groups in total. The molecule has 0 aromatic heterocycles. The van der Waals surface area contributed by atoms with Gasteiger partial charge < -0.3 is 15.4 Å². The molecule has 0 atom stereocenters. The van der Waals surface area contributed by atoms with Crippen LogP contribution in [-0.4, -0.2) is 19.6 Å². The van der Waals surface area contributed by atoms with Crippen molar-refractivity contribution in [2.75, 3.05) is 24.3 Å². The number of halogens is 1. The lowest BCUT2D eigenvalue weighted by molar-refractivity contribution is -0.114. The van der Waals surface area contributed by atoms with E-state index in [-0.39, 0.29) is 12.5 Å². The molecular formula is C17H19ClN2O2. The summed E-state index contributed by atoms with van der Waals surface area (Å²) in [5.74, 6) is 0.627. The van der Waals surface area contributed by atoms with Gasteiger partial charge in [0.05, 0.1) is 24.4 Å². The molecule has 0 saturated carbocycles. The van der Waals surface area contributed by atoms with E-state index in [1.54, 1.807) is 7.11 Å². The van der Waals surface area contributed by atoms with E-state index in [0.717, 1.165) is 22.6 Å². The van der Waals surface area contributed by atoms with Gasteiger partial charge in [0.2, 0.25) is 5.91 Å². The Bertz CT molecular complexity index is 646. The van der Waals surface area contributed by atoms with E-state index in [4.69, 9.17) is 16.3 Å². The molecule has 22 heavy (non-hydrogen) atoms. The first-order valence-electron chi connectivity index (χ1n) is 6.94. The molecule has 116 valence electrons. The fourth-order valence-electron chi connectivity index (χ4n) is 2.15. The molecule has 2 aromatic carbocycles. The molecule has 0 unspecified atom stereocenters. The topological polar surface area (TPSA) is 50.4 Å². The Balaban J connectivity index is 1.95. The van der Waals surface area contributed by atoms with E-state index < -0.39 is 0 Å². The molecule has 2 aromatic rings. The molecule has 0 aliphatic heterocycles. The van der Waals surface area contributed by atoms with Crippen LogP contribution in [0.3, 0.4) is 0 Å². The summed E-state index contributed by atoms with van der Waals surface area (Å²) < 4.78 is 5.09. The van der Waals surface area contributed by atoms with Crippen molar-refractivity contribution in [2.24, 2.45) is 0 Å². The second-order valence-electron chi connectivity index (χ2n) is 5.07. The first-order chi connectivity index (χ1) is 10.5. The van der Waals surface area contributed by atoms with E-state index in [9.17, 15) is 4.79 Å². The van der Waals surface area contributed by atoms with E-state index in [0.29, 0.717) is 10.7 Å². The Morgan fingerprint density at radius 2 is 1.86 bits per heavy atom. The lowest BCUT2D eigenvalue weighted by Gasteiger charge is -2.12. The van der Waals surface area contributed by atoms with Gasteiger partial charge in [0.1, 0.15) is 5.75 Å². The number of carbonyl (C=O) groups excluding carboxylic acids is 1. The van der Waals surface area contributed by atoms with Crippen molar-refractivity contribution in [2.45, 2.75) is 13.8 Å². The van der Waals surface area contributed by atoms with Crippen LogP contribution in [0.25, 0.3) is 0 Å². The van der Waals surface area contributed by atoms with E-state index in [1.165, 1.54) is 0 Å². The normalized spacial score (nSPS) is 10.2. The van der Waals surface area contributed by atoms with Gasteiger partial charge >= 0.3 is 0 Å². The summed E-state index contributed by atoms with van der Waals surface area (Å²) in [6, 6.07) is 11.2. The van der Waals surface area contributed by atoms with Gasteiger partial charge in [-0.3, -0.25) is 4.79 Å². The minimum Gasteiger partial charge on any atom is -0.497 e. The fraction of sp³-hybridized carbons (Fsp3) is 0.235. The number of hydrogen-bond donors (Lipinski definition) is 2. The molecule has 0 radical (unpaired) electrons. The number of nitrogens with one attached hydrogen (secondary N) is 2. The van der Waals surface area contributed by atoms with Crippen molar-refractivity contribution in [1.29, 1.82) is 0 Å². The number of carbonyl (C=O) groups is 1. The van der Waals surface area contributed by atoms with Crippen molar-refractivity contribution < 1.29 is 9.53 Å². The number of amides is 1. The Kier molecular flexibility index (Phi) is 5.28. The van der Waals surface area contributed by atoms with Gasteiger partial charge in [-0.25, -0.2) is 0 Å². The molecule has 0 bridgehead atoms. The number of ether oxygens (including phenoxy) is 1. The third kappa shape index (κ3) is 4.15. The number of methoxy groups -OCH3 is 1. The maximum absolute atomic E-state index is 12.0. The maximum atomic E-state index is 12.0. The summed E-state index contributed by atoms with van der Waals surface area (Å²) in [5, 5.41) is 6.45. The van der Waals surface area contributed by atoms with Crippen LogP contribution in [0.5, 0.6) is 5.75 Å². The molecule has 0 aliphatic carbocycles. The largest absolute Gasteiger partial charge is 0.497 e. The predicted molar refractivity (Wildman–Crippen MR) is 91.0 cm³/mol. The zero-order valence-electron chi connectivity index (χ0n) is 12.9. The summed E-state index contributed by atoms with van der Waals surface area (Å²) in [7, 11) is 1.61. The van der Waals surface area contributed by atoms with Gasteiger partial charge in [0.15, 0.2) is 0 Å². The minimum atomic E-state index is -0.148. The van der Waals surface area contributed by atoms with E-state index in [1.807, 2.05) is 50.2 Å². The standard InChI is InChI=1S/C17H19ClN2O2/c1-11-8-12(2)17(15(18)9-11)20-16(21)10-19-13-4-6-14(22-3)7-5-13/h4-9,19H,10H2,1-3H3,(H,20,21). The zero-order chi connectivity index (χ0) is 16.1. The van der Waals surface area contributed by atoms with Crippen molar-refractivity contribution >= 4 is 28.9 Å². The Morgan fingerprint density at radius 3 is 2.45 bits per heavy atom. The highest BCUT2D eigenvalue weighted by atomic mass is 35.5. The van der Waals surface area contributed by atoms with Crippen LogP contribution < -0.4 is 15.4 Å².